The van der Waals surface area contributed by atoms with Gasteiger partial charge in [-0.05, 0) is 63.1 Å². The number of hydrogen-bond acceptors (Lipinski definition) is 7. The average Bonchev–Trinajstić information content (AvgIpc) is 3.07. The zero-order valence-electron chi connectivity index (χ0n) is 17.4. The quantitative estimate of drug-likeness (QED) is 0.253. The number of rotatable bonds is 11. The Bertz CT molecular complexity index is 620. The van der Waals surface area contributed by atoms with Gasteiger partial charge in [-0.15, -0.1) is 11.3 Å². The first-order valence-corrected chi connectivity index (χ1v) is 11.3. The van der Waals surface area contributed by atoms with Gasteiger partial charge >= 0.3 is 0 Å². The molecule has 0 amide bonds. The standard InChI is InChI=1S/C21H38N4O2S/c1-3-19-13-20(21(28-19)7-11-27)17-6-9-24(16(2)12-17)14-18(22)15-25(23)8-4-5-10-26/h13,15-17,26-27H,3-12,14,22-23H2,1-2H3/b18-15-. The third-order valence-electron chi connectivity index (χ3n) is 5.58. The van der Waals surface area contributed by atoms with E-state index in [4.69, 9.17) is 16.7 Å². The molecule has 28 heavy (non-hydrogen) atoms. The number of hydrazine groups is 1. The summed E-state index contributed by atoms with van der Waals surface area (Å²) >= 11 is 1.87. The predicted molar refractivity (Wildman–Crippen MR) is 117 cm³/mol. The van der Waals surface area contributed by atoms with Crippen LogP contribution in [0.4, 0.5) is 0 Å². The smallest absolute Gasteiger partial charge is 0.0479 e. The van der Waals surface area contributed by atoms with Crippen LogP contribution in [-0.4, -0.2) is 59.0 Å². The van der Waals surface area contributed by atoms with E-state index in [2.05, 4.69) is 24.8 Å². The lowest BCUT2D eigenvalue weighted by molar-refractivity contribution is 0.158. The Morgan fingerprint density at radius 3 is 2.79 bits per heavy atom. The number of thiophene rings is 1. The SMILES string of the molecule is CCc1cc(C2CCN(C/C(N)=C/N(N)CCCCO)C(C)C2)c(CCO)s1. The van der Waals surface area contributed by atoms with E-state index in [1.54, 1.807) is 5.01 Å². The fourth-order valence-corrected chi connectivity index (χ4v) is 5.20. The summed E-state index contributed by atoms with van der Waals surface area (Å²) in [5, 5.41) is 19.9. The number of likely N-dealkylation sites (tertiary alicyclic amines) is 1. The van der Waals surface area contributed by atoms with Crippen molar-refractivity contribution in [2.24, 2.45) is 11.6 Å². The van der Waals surface area contributed by atoms with Crippen LogP contribution in [0, 0.1) is 0 Å². The van der Waals surface area contributed by atoms with E-state index in [1.807, 2.05) is 17.5 Å². The third-order valence-corrected chi connectivity index (χ3v) is 6.93. The summed E-state index contributed by atoms with van der Waals surface area (Å²) in [6, 6.07) is 2.83. The Balaban J connectivity index is 1.92. The van der Waals surface area contributed by atoms with E-state index in [9.17, 15) is 5.11 Å². The number of unbranched alkanes of at least 4 members (excludes halogenated alkanes) is 1. The summed E-state index contributed by atoms with van der Waals surface area (Å²) < 4.78 is 0. The Labute approximate surface area is 173 Å². The summed E-state index contributed by atoms with van der Waals surface area (Å²) in [6.45, 7) is 7.34. The second kappa shape index (κ2) is 11.8. The Morgan fingerprint density at radius 2 is 2.14 bits per heavy atom. The molecule has 1 aliphatic heterocycles. The molecule has 1 aromatic heterocycles. The molecule has 7 heteroatoms. The zero-order valence-corrected chi connectivity index (χ0v) is 18.3. The fraction of sp³-hybridized carbons (Fsp3) is 0.714. The molecule has 0 aromatic carbocycles. The molecular formula is C21H38N4O2S. The molecule has 6 N–H and O–H groups in total. The van der Waals surface area contributed by atoms with Crippen LogP contribution in [0.2, 0.25) is 0 Å². The molecule has 160 valence electrons. The van der Waals surface area contributed by atoms with E-state index < -0.39 is 0 Å². The van der Waals surface area contributed by atoms with E-state index in [1.165, 1.54) is 15.3 Å². The maximum Gasteiger partial charge on any atom is 0.0479 e. The average molecular weight is 411 g/mol. The first kappa shape index (κ1) is 23.2. The van der Waals surface area contributed by atoms with Crippen molar-refractivity contribution in [1.82, 2.24) is 9.91 Å². The van der Waals surface area contributed by atoms with Crippen LogP contribution in [0.1, 0.15) is 60.8 Å². The molecule has 1 fully saturated rings. The van der Waals surface area contributed by atoms with Crippen LogP contribution < -0.4 is 11.6 Å². The summed E-state index contributed by atoms with van der Waals surface area (Å²) in [4.78, 5) is 5.22. The van der Waals surface area contributed by atoms with Crippen molar-refractivity contribution in [3.05, 3.63) is 33.3 Å². The number of hydrogen-bond donors (Lipinski definition) is 4. The molecule has 0 bridgehead atoms. The molecule has 2 atom stereocenters. The number of piperidine rings is 1. The lowest BCUT2D eigenvalue weighted by Crippen LogP contribution is -2.42. The van der Waals surface area contributed by atoms with Gasteiger partial charge in [-0.25, -0.2) is 5.84 Å². The molecule has 6 nitrogen and oxygen atoms in total. The van der Waals surface area contributed by atoms with E-state index in [-0.39, 0.29) is 13.2 Å². The van der Waals surface area contributed by atoms with Crippen LogP contribution in [0.5, 0.6) is 0 Å². The highest BCUT2D eigenvalue weighted by Gasteiger charge is 2.28. The van der Waals surface area contributed by atoms with Gasteiger partial charge in [-0.2, -0.15) is 0 Å². The van der Waals surface area contributed by atoms with Gasteiger partial charge in [0, 0.05) is 60.4 Å². The van der Waals surface area contributed by atoms with Gasteiger partial charge in [-0.3, -0.25) is 4.90 Å². The minimum atomic E-state index is 0.198. The number of aliphatic hydroxyl groups excluding tert-OH is 2. The van der Waals surface area contributed by atoms with Crippen LogP contribution in [-0.2, 0) is 12.8 Å². The molecule has 2 rings (SSSR count). The molecule has 0 saturated carbocycles. The second-order valence-corrected chi connectivity index (χ2v) is 9.05. The van der Waals surface area contributed by atoms with E-state index in [0.717, 1.165) is 57.3 Å². The maximum atomic E-state index is 9.41. The summed E-state index contributed by atoms with van der Waals surface area (Å²) in [5.41, 5.74) is 8.47. The lowest BCUT2D eigenvalue weighted by atomic mass is 9.85. The molecule has 2 heterocycles. The summed E-state index contributed by atoms with van der Waals surface area (Å²) in [5.74, 6) is 6.54. The lowest BCUT2D eigenvalue weighted by Gasteiger charge is -2.38. The highest BCUT2D eigenvalue weighted by Crippen LogP contribution is 2.37. The molecule has 1 aromatic rings. The molecular weight excluding hydrogens is 372 g/mol. The largest absolute Gasteiger partial charge is 0.400 e. The van der Waals surface area contributed by atoms with Crippen molar-refractivity contribution in [2.45, 2.75) is 64.3 Å². The van der Waals surface area contributed by atoms with Gasteiger partial charge in [0.2, 0.25) is 0 Å². The minimum absolute atomic E-state index is 0.198. The monoisotopic (exact) mass is 410 g/mol. The number of nitrogens with two attached hydrogens (primary N) is 2. The maximum absolute atomic E-state index is 9.41. The minimum Gasteiger partial charge on any atom is -0.400 e. The van der Waals surface area contributed by atoms with Gasteiger partial charge < -0.3 is 21.0 Å². The molecule has 2 unspecified atom stereocenters. The van der Waals surface area contributed by atoms with Gasteiger partial charge in [0.05, 0.1) is 0 Å². The van der Waals surface area contributed by atoms with Crippen molar-refractivity contribution in [1.29, 1.82) is 0 Å². The number of aliphatic hydroxyl groups is 2. The van der Waals surface area contributed by atoms with Crippen molar-refractivity contribution in [2.75, 3.05) is 32.8 Å². The predicted octanol–water partition coefficient (Wildman–Crippen LogP) is 2.16. The Hall–Kier alpha value is -1.12. The normalized spacial score (nSPS) is 21.2. The molecule has 0 spiro atoms. The van der Waals surface area contributed by atoms with Crippen molar-refractivity contribution < 1.29 is 10.2 Å². The van der Waals surface area contributed by atoms with Crippen LogP contribution in [0.15, 0.2) is 18.0 Å². The zero-order chi connectivity index (χ0) is 20.5. The van der Waals surface area contributed by atoms with Crippen LogP contribution in [0.3, 0.4) is 0 Å². The highest BCUT2D eigenvalue weighted by atomic mass is 32.1. The van der Waals surface area contributed by atoms with Crippen molar-refractivity contribution >= 4 is 11.3 Å². The van der Waals surface area contributed by atoms with Crippen molar-refractivity contribution in [3.8, 4) is 0 Å². The van der Waals surface area contributed by atoms with E-state index in [0.29, 0.717) is 18.5 Å². The van der Waals surface area contributed by atoms with Gasteiger partial charge in [0.15, 0.2) is 0 Å². The second-order valence-electron chi connectivity index (χ2n) is 7.83. The first-order chi connectivity index (χ1) is 13.5. The van der Waals surface area contributed by atoms with Gasteiger partial charge in [0.25, 0.3) is 0 Å². The molecule has 0 aliphatic carbocycles. The number of aryl methyl sites for hydroxylation is 1. The fourth-order valence-electron chi connectivity index (χ4n) is 4.01. The third kappa shape index (κ3) is 6.74. The van der Waals surface area contributed by atoms with E-state index >= 15 is 0 Å². The Kier molecular flexibility index (Phi) is 9.74. The molecule has 0 radical (unpaired) electrons. The van der Waals surface area contributed by atoms with Crippen molar-refractivity contribution in [3.63, 3.8) is 0 Å². The summed E-state index contributed by atoms with van der Waals surface area (Å²) in [6.07, 6.45) is 7.51. The summed E-state index contributed by atoms with van der Waals surface area (Å²) in [7, 11) is 0. The number of nitrogens with zero attached hydrogens (tertiary/aromatic N) is 2. The Morgan fingerprint density at radius 1 is 1.36 bits per heavy atom. The first-order valence-electron chi connectivity index (χ1n) is 10.5. The molecule has 1 saturated heterocycles. The van der Waals surface area contributed by atoms with Crippen LogP contribution in [0.25, 0.3) is 0 Å². The van der Waals surface area contributed by atoms with Gasteiger partial charge in [-0.1, -0.05) is 6.92 Å². The highest BCUT2D eigenvalue weighted by molar-refractivity contribution is 7.12. The van der Waals surface area contributed by atoms with Gasteiger partial charge in [0.1, 0.15) is 0 Å². The topological polar surface area (TPSA) is 99.0 Å². The van der Waals surface area contributed by atoms with Crippen LogP contribution >= 0.6 is 11.3 Å². The molecule has 1 aliphatic rings.